The summed E-state index contributed by atoms with van der Waals surface area (Å²) in [7, 11) is -4.13. The van der Waals surface area contributed by atoms with Crippen LogP contribution in [-0.4, -0.2) is 79.5 Å². The van der Waals surface area contributed by atoms with Crippen LogP contribution in [-0.2, 0) is 31.0 Å². The quantitative estimate of drug-likeness (QED) is 0.221. The molecule has 0 radical (unpaired) electrons. The molecular formula is C33H43FN4O8S. The van der Waals surface area contributed by atoms with E-state index in [4.69, 9.17) is 18.9 Å². The van der Waals surface area contributed by atoms with Crippen LogP contribution in [0.5, 0.6) is 0 Å². The van der Waals surface area contributed by atoms with Crippen molar-refractivity contribution in [3.05, 3.63) is 53.8 Å². The number of aliphatic hydroxyl groups is 1. The molecule has 3 aliphatic rings. The predicted molar refractivity (Wildman–Crippen MR) is 170 cm³/mol. The van der Waals surface area contributed by atoms with Gasteiger partial charge in [0.25, 0.3) is 6.01 Å². The number of aliphatic hydroxyl groups excluding tert-OH is 1. The zero-order valence-corrected chi connectivity index (χ0v) is 27.6. The van der Waals surface area contributed by atoms with Crippen molar-refractivity contribution in [3.63, 3.8) is 0 Å². The summed E-state index contributed by atoms with van der Waals surface area (Å²) in [6.45, 7) is 6.19. The van der Waals surface area contributed by atoms with E-state index in [1.165, 1.54) is 34.6 Å². The van der Waals surface area contributed by atoms with Gasteiger partial charge in [0, 0.05) is 37.0 Å². The van der Waals surface area contributed by atoms with Crippen molar-refractivity contribution in [2.45, 2.75) is 75.6 Å². The van der Waals surface area contributed by atoms with Gasteiger partial charge in [0.1, 0.15) is 17.4 Å². The molecule has 2 aliphatic carbocycles. The van der Waals surface area contributed by atoms with Gasteiger partial charge in [0.05, 0.1) is 30.3 Å². The minimum atomic E-state index is -4.13. The molecule has 12 nitrogen and oxygen atoms in total. The Balaban J connectivity index is 1.22. The second-order valence-electron chi connectivity index (χ2n) is 13.5. The molecule has 0 spiro atoms. The minimum Gasteiger partial charge on any atom is -0.445 e. The van der Waals surface area contributed by atoms with Gasteiger partial charge in [-0.15, -0.1) is 0 Å². The third-order valence-corrected chi connectivity index (χ3v) is 11.0. The number of rotatable bonds is 13. The van der Waals surface area contributed by atoms with Crippen molar-refractivity contribution in [1.29, 1.82) is 0 Å². The van der Waals surface area contributed by atoms with Gasteiger partial charge in [-0.1, -0.05) is 32.9 Å². The standard InChI is InChI=1S/C33H43FN4O8S/c1-19(2)15-38(47(41,42)25-9-10-27-30(14-25)45-32(36-27)35-24-7-8-24)16-29(39)28(13-21-5-4-6-23(34)12-21)37-33(40)46-31-22-11-20(3)26(31)18-44-43-17-22/h4-6,9-10,12,14,19-20,22,24,26,28-29,31,39H,7-8,11,13,15-18H2,1-3H3,(H,35,36)(H,37,40)/t20?,22?,26?,28-,29+,31?/m0/s1. The zero-order chi connectivity index (χ0) is 33.3. The van der Waals surface area contributed by atoms with Crippen LogP contribution in [0.4, 0.5) is 15.2 Å². The number of carbonyl (C=O) groups is 1. The van der Waals surface area contributed by atoms with E-state index in [9.17, 15) is 22.7 Å². The maximum Gasteiger partial charge on any atom is 0.407 e. The SMILES string of the molecule is CC(C)CN(C[C@@H](O)[C@H](Cc1cccc(F)c1)NC(=O)OC1C2COOCC1C(C)C2)S(=O)(=O)c1ccc2nc(NC3CC3)oc2c1. The van der Waals surface area contributed by atoms with Crippen LogP contribution >= 0.6 is 0 Å². The van der Waals surface area contributed by atoms with E-state index in [0.29, 0.717) is 41.9 Å². The fraction of sp³-hybridized carbons (Fsp3) is 0.576. The van der Waals surface area contributed by atoms with Gasteiger partial charge in [0.15, 0.2) is 5.58 Å². The lowest BCUT2D eigenvalue weighted by molar-refractivity contribution is -0.302. The first kappa shape index (κ1) is 33.6. The van der Waals surface area contributed by atoms with Crippen molar-refractivity contribution >= 4 is 33.2 Å². The summed E-state index contributed by atoms with van der Waals surface area (Å²) in [5, 5.41) is 17.6. The predicted octanol–water partition coefficient (Wildman–Crippen LogP) is 4.49. The Bertz CT molecular complexity index is 1660. The lowest BCUT2D eigenvalue weighted by atomic mass is 9.97. The molecule has 3 aromatic rings. The molecule has 6 rings (SSSR count). The maximum atomic E-state index is 14.1. The lowest BCUT2D eigenvalue weighted by Crippen LogP contribution is -2.52. The smallest absolute Gasteiger partial charge is 0.407 e. The van der Waals surface area contributed by atoms with Crippen molar-refractivity contribution < 1.29 is 41.6 Å². The number of nitrogens with one attached hydrogen (secondary N) is 2. The maximum absolute atomic E-state index is 14.1. The fourth-order valence-corrected chi connectivity index (χ4v) is 8.17. The van der Waals surface area contributed by atoms with E-state index in [-0.39, 0.29) is 48.1 Å². The van der Waals surface area contributed by atoms with Crippen LogP contribution < -0.4 is 10.6 Å². The molecule has 3 N–H and O–H groups in total. The first-order valence-corrected chi connectivity index (χ1v) is 17.7. The van der Waals surface area contributed by atoms with Crippen molar-refractivity contribution in [1.82, 2.24) is 14.6 Å². The van der Waals surface area contributed by atoms with Gasteiger partial charge in [0.2, 0.25) is 10.0 Å². The summed E-state index contributed by atoms with van der Waals surface area (Å²) >= 11 is 0. The topological polar surface area (TPSA) is 152 Å². The van der Waals surface area contributed by atoms with Crippen LogP contribution in [0, 0.1) is 29.5 Å². The second kappa shape index (κ2) is 14.0. The first-order chi connectivity index (χ1) is 22.5. The molecule has 1 aromatic heterocycles. The van der Waals surface area contributed by atoms with E-state index in [1.807, 2.05) is 13.8 Å². The number of anilines is 1. The van der Waals surface area contributed by atoms with Gasteiger partial charge in [-0.25, -0.2) is 27.4 Å². The molecule has 2 aromatic carbocycles. The zero-order valence-electron chi connectivity index (χ0n) is 26.8. The molecule has 2 saturated carbocycles. The lowest BCUT2D eigenvalue weighted by Gasteiger charge is -2.31. The van der Waals surface area contributed by atoms with Crippen LogP contribution in [0.2, 0.25) is 0 Å². The number of nitrogens with zero attached hydrogens (tertiary/aromatic N) is 2. The summed E-state index contributed by atoms with van der Waals surface area (Å²) in [5.41, 5.74) is 1.37. The van der Waals surface area contributed by atoms with Crippen molar-refractivity contribution in [2.24, 2.45) is 23.7 Å². The molecule has 2 heterocycles. The Kier molecular flexibility index (Phi) is 10.0. The highest BCUT2D eigenvalue weighted by Gasteiger charge is 2.46. The van der Waals surface area contributed by atoms with E-state index in [1.54, 1.807) is 12.1 Å². The average molecular weight is 675 g/mol. The molecule has 47 heavy (non-hydrogen) atoms. The van der Waals surface area contributed by atoms with E-state index in [0.717, 1.165) is 19.3 Å². The highest BCUT2D eigenvalue weighted by atomic mass is 32.2. The summed E-state index contributed by atoms with van der Waals surface area (Å²) < 4.78 is 55.1. The molecule has 256 valence electrons. The Morgan fingerprint density at radius 2 is 1.94 bits per heavy atom. The molecule has 6 atom stereocenters. The number of sulfonamides is 1. The number of benzene rings is 2. The van der Waals surface area contributed by atoms with Crippen LogP contribution in [0.15, 0.2) is 51.8 Å². The molecule has 1 aliphatic heterocycles. The third kappa shape index (κ3) is 8.06. The van der Waals surface area contributed by atoms with Gasteiger partial charge >= 0.3 is 6.09 Å². The monoisotopic (exact) mass is 674 g/mol. The molecular weight excluding hydrogens is 631 g/mol. The summed E-state index contributed by atoms with van der Waals surface area (Å²) in [6, 6.07) is 9.99. The summed E-state index contributed by atoms with van der Waals surface area (Å²) in [5.74, 6) is -0.373. The van der Waals surface area contributed by atoms with Gasteiger partial charge < -0.3 is 24.9 Å². The van der Waals surface area contributed by atoms with Gasteiger partial charge in [-0.05, 0) is 67.3 Å². The van der Waals surface area contributed by atoms with Crippen LogP contribution in [0.1, 0.15) is 45.6 Å². The third-order valence-electron chi connectivity index (χ3n) is 9.14. The number of halogens is 1. The fourth-order valence-electron chi connectivity index (χ4n) is 6.53. The highest BCUT2D eigenvalue weighted by molar-refractivity contribution is 7.89. The Morgan fingerprint density at radius 1 is 1.15 bits per heavy atom. The second-order valence-corrected chi connectivity index (χ2v) is 15.4. The number of hydrogen-bond donors (Lipinski definition) is 3. The minimum absolute atomic E-state index is 0.0107. The van der Waals surface area contributed by atoms with Crippen molar-refractivity contribution in [2.75, 3.05) is 31.6 Å². The van der Waals surface area contributed by atoms with Gasteiger partial charge in [-0.2, -0.15) is 9.29 Å². The number of oxazole rings is 1. The summed E-state index contributed by atoms with van der Waals surface area (Å²) in [4.78, 5) is 28.2. The van der Waals surface area contributed by atoms with E-state index in [2.05, 4.69) is 22.5 Å². The normalized spacial score (nSPS) is 24.3. The number of fused-ring (bicyclic) bond motifs is 3. The Labute approximate surface area is 273 Å². The highest BCUT2D eigenvalue weighted by Crippen LogP contribution is 2.41. The largest absolute Gasteiger partial charge is 0.445 e. The number of carbonyl (C=O) groups excluding carboxylic acids is 1. The number of alkyl carbamates (subject to hydrolysis) is 1. The molecule has 3 fully saturated rings. The number of ether oxygens (including phenoxy) is 1. The molecule has 14 heteroatoms. The van der Waals surface area contributed by atoms with Crippen molar-refractivity contribution in [3.8, 4) is 0 Å². The average Bonchev–Trinajstić information content (AvgIpc) is 3.69. The number of hydrogen-bond acceptors (Lipinski definition) is 10. The molecule has 1 saturated heterocycles. The van der Waals surface area contributed by atoms with Gasteiger partial charge in [-0.3, -0.25) is 0 Å². The number of aromatic nitrogens is 1. The summed E-state index contributed by atoms with van der Waals surface area (Å²) in [6.07, 6.45) is 0.338. The molecule has 4 unspecified atom stereocenters. The van der Waals surface area contributed by atoms with Crippen LogP contribution in [0.3, 0.4) is 0 Å². The molecule has 1 amide bonds. The van der Waals surface area contributed by atoms with E-state index >= 15 is 0 Å². The Hall–Kier alpha value is -3.30. The number of amides is 1. The van der Waals surface area contributed by atoms with Crippen LogP contribution in [0.25, 0.3) is 11.1 Å². The van der Waals surface area contributed by atoms with E-state index < -0.39 is 40.2 Å². The first-order valence-electron chi connectivity index (χ1n) is 16.3. The molecule has 2 bridgehead atoms. The Morgan fingerprint density at radius 3 is 2.68 bits per heavy atom.